The minimum Gasteiger partial charge on any atom is -0.435 e. The van der Waals surface area contributed by atoms with Gasteiger partial charge >= 0.3 is 0 Å². The van der Waals surface area contributed by atoms with Crippen molar-refractivity contribution < 1.29 is 23.4 Å². The maximum Gasteiger partial charge on any atom is 0.227 e. The molecule has 190 valence electrons. The zero-order valence-electron chi connectivity index (χ0n) is 21.0. The van der Waals surface area contributed by atoms with Crippen molar-refractivity contribution in [3.63, 3.8) is 0 Å². The highest BCUT2D eigenvalue weighted by Gasteiger charge is 2.24. The van der Waals surface area contributed by atoms with E-state index in [0.717, 1.165) is 5.56 Å². The van der Waals surface area contributed by atoms with Crippen molar-refractivity contribution in [2.75, 3.05) is 19.8 Å². The van der Waals surface area contributed by atoms with E-state index in [4.69, 9.17) is 9.47 Å². The molecule has 0 amide bonds. The smallest absolute Gasteiger partial charge is 0.227 e. The number of rotatable bonds is 12. The first kappa shape index (κ1) is 26.8. The van der Waals surface area contributed by atoms with Crippen molar-refractivity contribution in [3.8, 4) is 17.3 Å². The Morgan fingerprint density at radius 1 is 1.00 bits per heavy atom. The molecule has 1 aromatic heterocycles. The maximum absolute atomic E-state index is 14.5. The molecule has 0 radical (unpaired) electrons. The monoisotopic (exact) mass is 487 g/mol. The van der Waals surface area contributed by atoms with Crippen LogP contribution in [0, 0.1) is 24.5 Å². The van der Waals surface area contributed by atoms with E-state index in [1.165, 1.54) is 18.2 Å². The van der Waals surface area contributed by atoms with Crippen LogP contribution in [0.2, 0.25) is 0 Å². The fraction of sp³-hybridized carbons (Fsp3) is 0.444. The van der Waals surface area contributed by atoms with Gasteiger partial charge in [-0.05, 0) is 63.1 Å². The fourth-order valence-electron chi connectivity index (χ4n) is 3.64. The van der Waals surface area contributed by atoms with E-state index in [2.05, 4.69) is 23.8 Å². The molecule has 3 rings (SSSR count). The van der Waals surface area contributed by atoms with Gasteiger partial charge in [0.1, 0.15) is 5.82 Å². The third-order valence-electron chi connectivity index (χ3n) is 5.55. The third kappa shape index (κ3) is 7.34. The molecule has 0 aliphatic heterocycles. The molecule has 0 unspecified atom stereocenters. The number of aromatic nitrogens is 2. The standard InChI is InChI=1S/C27H35F2N3O3/c1-18(2)16-34-17-23(33)14-31(19(3)4)15-24-20(5)30-32(22-12-10-21(28)11-13-22)27(24)35-26-9-7-6-8-25(26)29/h6-13,18-19,23,33H,14-17H2,1-5H3/t23-/m1/s1. The predicted molar refractivity (Wildman–Crippen MR) is 132 cm³/mol. The number of aryl methyl sites for hydroxylation is 1. The number of para-hydroxylation sites is 1. The minimum atomic E-state index is -0.667. The first-order valence-electron chi connectivity index (χ1n) is 11.9. The summed E-state index contributed by atoms with van der Waals surface area (Å²) in [5.74, 6) is -0.0671. The van der Waals surface area contributed by atoms with E-state index in [9.17, 15) is 13.9 Å². The van der Waals surface area contributed by atoms with Crippen LogP contribution in [-0.2, 0) is 11.3 Å². The molecule has 0 fully saturated rings. The number of hydrogen-bond donors (Lipinski definition) is 1. The summed E-state index contributed by atoms with van der Waals surface area (Å²) in [6.45, 7) is 11.7. The van der Waals surface area contributed by atoms with Crippen LogP contribution in [-0.4, -0.2) is 51.7 Å². The molecule has 35 heavy (non-hydrogen) atoms. The lowest BCUT2D eigenvalue weighted by atomic mass is 10.2. The molecular formula is C27H35F2N3O3. The first-order valence-corrected chi connectivity index (χ1v) is 11.9. The van der Waals surface area contributed by atoms with Gasteiger partial charge in [-0.3, -0.25) is 4.90 Å². The van der Waals surface area contributed by atoms with Crippen LogP contribution in [0.5, 0.6) is 11.6 Å². The Balaban J connectivity index is 1.93. The number of aliphatic hydroxyl groups excluding tert-OH is 1. The lowest BCUT2D eigenvalue weighted by Gasteiger charge is -2.29. The lowest BCUT2D eigenvalue weighted by molar-refractivity contribution is 0.00160. The van der Waals surface area contributed by atoms with Gasteiger partial charge in [-0.25, -0.2) is 13.5 Å². The van der Waals surface area contributed by atoms with Crippen LogP contribution in [0.15, 0.2) is 48.5 Å². The molecule has 0 aliphatic rings. The summed E-state index contributed by atoms with van der Waals surface area (Å²) >= 11 is 0. The SMILES string of the molecule is Cc1nn(-c2ccc(F)cc2)c(Oc2ccccc2F)c1CN(C[C@@H](O)COCC(C)C)C(C)C. The van der Waals surface area contributed by atoms with Gasteiger partial charge in [0, 0.05) is 25.7 Å². The van der Waals surface area contributed by atoms with Crippen molar-refractivity contribution in [1.82, 2.24) is 14.7 Å². The summed E-state index contributed by atoms with van der Waals surface area (Å²) in [6, 6.07) is 12.1. The van der Waals surface area contributed by atoms with Crippen LogP contribution in [0.1, 0.15) is 39.0 Å². The van der Waals surface area contributed by atoms with Gasteiger partial charge in [-0.15, -0.1) is 0 Å². The van der Waals surface area contributed by atoms with Crippen molar-refractivity contribution in [3.05, 3.63) is 71.4 Å². The number of halogens is 2. The Bertz CT molecular complexity index is 1080. The summed E-state index contributed by atoms with van der Waals surface area (Å²) in [6.07, 6.45) is -0.667. The van der Waals surface area contributed by atoms with E-state index in [1.807, 2.05) is 20.8 Å². The van der Waals surface area contributed by atoms with Crippen molar-refractivity contribution in [1.29, 1.82) is 0 Å². The van der Waals surface area contributed by atoms with Crippen molar-refractivity contribution >= 4 is 0 Å². The summed E-state index contributed by atoms with van der Waals surface area (Å²) in [7, 11) is 0. The fourth-order valence-corrected chi connectivity index (χ4v) is 3.64. The Labute approximate surface area is 206 Å². The van der Waals surface area contributed by atoms with Gasteiger partial charge in [0.15, 0.2) is 11.6 Å². The second-order valence-corrected chi connectivity index (χ2v) is 9.40. The molecule has 3 aromatic rings. The second-order valence-electron chi connectivity index (χ2n) is 9.40. The highest BCUT2D eigenvalue weighted by Crippen LogP contribution is 2.33. The zero-order valence-corrected chi connectivity index (χ0v) is 21.0. The molecule has 2 aromatic carbocycles. The molecule has 1 atom stereocenters. The average molecular weight is 488 g/mol. The number of hydrogen-bond acceptors (Lipinski definition) is 5. The topological polar surface area (TPSA) is 59.8 Å². The van der Waals surface area contributed by atoms with Gasteiger partial charge in [-0.1, -0.05) is 26.0 Å². The van der Waals surface area contributed by atoms with Crippen LogP contribution in [0.4, 0.5) is 8.78 Å². The highest BCUT2D eigenvalue weighted by molar-refractivity contribution is 5.43. The summed E-state index contributed by atoms with van der Waals surface area (Å²) < 4.78 is 41.3. The van der Waals surface area contributed by atoms with E-state index < -0.39 is 11.9 Å². The Kier molecular flexibility index (Phi) is 9.37. The highest BCUT2D eigenvalue weighted by atomic mass is 19.1. The largest absolute Gasteiger partial charge is 0.435 e. The Hall–Kier alpha value is -2.81. The number of nitrogens with zero attached hydrogens (tertiary/aromatic N) is 3. The first-order chi connectivity index (χ1) is 16.7. The van der Waals surface area contributed by atoms with E-state index in [-0.39, 0.29) is 24.2 Å². The van der Waals surface area contributed by atoms with Crippen molar-refractivity contribution in [2.45, 2.75) is 53.3 Å². The Morgan fingerprint density at radius 3 is 2.31 bits per heavy atom. The molecule has 1 heterocycles. The van der Waals surface area contributed by atoms with Gasteiger partial charge in [0.25, 0.3) is 0 Å². The quantitative estimate of drug-likeness (QED) is 0.366. The van der Waals surface area contributed by atoms with E-state index in [0.29, 0.717) is 42.9 Å². The van der Waals surface area contributed by atoms with Crippen molar-refractivity contribution in [2.24, 2.45) is 5.92 Å². The molecule has 1 N–H and O–H groups in total. The van der Waals surface area contributed by atoms with E-state index in [1.54, 1.807) is 35.0 Å². The molecule has 8 heteroatoms. The normalized spacial score (nSPS) is 12.7. The van der Waals surface area contributed by atoms with Crippen LogP contribution >= 0.6 is 0 Å². The van der Waals surface area contributed by atoms with E-state index >= 15 is 0 Å². The number of aliphatic hydroxyl groups is 1. The maximum atomic E-state index is 14.5. The third-order valence-corrected chi connectivity index (χ3v) is 5.55. The summed E-state index contributed by atoms with van der Waals surface area (Å²) in [5.41, 5.74) is 2.03. The van der Waals surface area contributed by atoms with Gasteiger partial charge < -0.3 is 14.6 Å². The van der Waals surface area contributed by atoms with Crippen LogP contribution in [0.25, 0.3) is 5.69 Å². The number of benzene rings is 2. The molecule has 0 saturated heterocycles. The average Bonchev–Trinajstić information content (AvgIpc) is 3.10. The minimum absolute atomic E-state index is 0.0650. The lowest BCUT2D eigenvalue weighted by Crippen LogP contribution is -2.39. The second kappa shape index (κ2) is 12.2. The summed E-state index contributed by atoms with van der Waals surface area (Å²) in [5, 5.41) is 15.2. The van der Waals surface area contributed by atoms with Crippen LogP contribution in [0.3, 0.4) is 0 Å². The molecule has 0 bridgehead atoms. The van der Waals surface area contributed by atoms with Gasteiger partial charge in [-0.2, -0.15) is 5.10 Å². The predicted octanol–water partition coefficient (Wildman–Crippen LogP) is 5.50. The molecule has 0 saturated carbocycles. The Morgan fingerprint density at radius 2 is 1.69 bits per heavy atom. The van der Waals surface area contributed by atoms with Gasteiger partial charge in [0.05, 0.1) is 29.7 Å². The van der Waals surface area contributed by atoms with Gasteiger partial charge in [0.2, 0.25) is 5.88 Å². The zero-order chi connectivity index (χ0) is 25.5. The summed E-state index contributed by atoms with van der Waals surface area (Å²) in [4.78, 5) is 2.09. The molecule has 6 nitrogen and oxygen atoms in total. The van der Waals surface area contributed by atoms with Crippen LogP contribution < -0.4 is 4.74 Å². The molecule has 0 spiro atoms. The number of ether oxygens (including phenoxy) is 2. The molecule has 0 aliphatic carbocycles. The molecular weight excluding hydrogens is 452 g/mol.